The van der Waals surface area contributed by atoms with E-state index in [0.717, 1.165) is 49.5 Å². The number of aliphatic imine (C=N–C) groups is 2. The summed E-state index contributed by atoms with van der Waals surface area (Å²) in [5.74, 6) is 0. The monoisotopic (exact) mass is 1120 g/mol. The van der Waals surface area contributed by atoms with Gasteiger partial charge in [0.2, 0.25) is 0 Å². The van der Waals surface area contributed by atoms with Crippen molar-refractivity contribution < 1.29 is 40.8 Å². The van der Waals surface area contributed by atoms with Gasteiger partial charge in [-0.3, -0.25) is 20.0 Å². The standard InChI is InChI=1S/C35H31BrN4.4BrH.2Pd/c1-22-14-27(15-23(2)34(22)39-20-30-10-6-8-12-37-30)32-18-29(36)19-33(26(32)5)28-16-24(3)35(25(4)17-28)40-21-31-11-7-9-13-38-31;;;;;;/h6-21H,1-5H3;4*1H;;. The summed E-state index contributed by atoms with van der Waals surface area (Å²) in [4.78, 5) is 18.2. The van der Waals surface area contributed by atoms with Crippen LogP contribution in [0.5, 0.6) is 0 Å². The Hall–Kier alpha value is -0.975. The molecule has 3 aromatic carbocycles. The van der Waals surface area contributed by atoms with Crippen molar-refractivity contribution in [2.75, 3.05) is 0 Å². The van der Waals surface area contributed by atoms with Crippen molar-refractivity contribution in [2.24, 2.45) is 9.98 Å². The number of halogens is 5. The van der Waals surface area contributed by atoms with E-state index in [2.05, 4.69) is 96.9 Å². The van der Waals surface area contributed by atoms with E-state index in [9.17, 15) is 0 Å². The first kappa shape index (κ1) is 47.1. The van der Waals surface area contributed by atoms with Crippen LogP contribution in [0.2, 0.25) is 0 Å². The van der Waals surface area contributed by atoms with Gasteiger partial charge in [0.05, 0.1) is 35.2 Å². The molecule has 0 unspecified atom stereocenters. The fourth-order valence-corrected chi connectivity index (χ4v) is 5.53. The van der Waals surface area contributed by atoms with E-state index in [4.69, 9.17) is 9.98 Å². The molecule has 250 valence electrons. The van der Waals surface area contributed by atoms with Gasteiger partial charge in [0.25, 0.3) is 0 Å². The molecule has 0 aliphatic rings. The van der Waals surface area contributed by atoms with Gasteiger partial charge in [-0.15, -0.1) is 67.9 Å². The Kier molecular flexibility index (Phi) is 22.4. The van der Waals surface area contributed by atoms with Crippen LogP contribution in [-0.4, -0.2) is 22.4 Å². The minimum Gasteiger partial charge on any atom is -0.255 e. The van der Waals surface area contributed by atoms with Crippen molar-refractivity contribution in [2.45, 2.75) is 34.6 Å². The molecule has 46 heavy (non-hydrogen) atoms. The van der Waals surface area contributed by atoms with Crippen LogP contribution in [-0.2, 0) is 40.8 Å². The van der Waals surface area contributed by atoms with E-state index in [1.165, 1.54) is 27.8 Å². The summed E-state index contributed by atoms with van der Waals surface area (Å²) in [7, 11) is 0. The summed E-state index contributed by atoms with van der Waals surface area (Å²) in [5, 5.41) is 0. The second-order valence-electron chi connectivity index (χ2n) is 10.1. The first-order chi connectivity index (χ1) is 19.3. The molecule has 0 saturated heterocycles. The fraction of sp³-hybridized carbons (Fsp3) is 0.143. The van der Waals surface area contributed by atoms with Crippen molar-refractivity contribution in [3.8, 4) is 22.3 Å². The number of hydrogen-bond donors (Lipinski definition) is 0. The van der Waals surface area contributed by atoms with E-state index >= 15 is 0 Å². The molecular weight excluding hydrogens is 1090 g/mol. The summed E-state index contributed by atoms with van der Waals surface area (Å²) in [5.41, 5.74) is 14.2. The smallest absolute Gasteiger partial charge is 0.0812 e. The molecule has 0 bridgehead atoms. The fourth-order valence-electron chi connectivity index (χ4n) is 5.07. The number of aromatic nitrogens is 2. The second kappa shape index (κ2) is 21.9. The molecule has 0 aliphatic heterocycles. The molecule has 0 atom stereocenters. The van der Waals surface area contributed by atoms with Crippen molar-refractivity contribution in [1.29, 1.82) is 0 Å². The van der Waals surface area contributed by atoms with Crippen molar-refractivity contribution in [3.05, 3.63) is 129 Å². The van der Waals surface area contributed by atoms with E-state index in [1.54, 1.807) is 12.4 Å². The van der Waals surface area contributed by atoms with Gasteiger partial charge in [0.1, 0.15) is 0 Å². The third kappa shape index (κ3) is 11.6. The van der Waals surface area contributed by atoms with Gasteiger partial charge in [0.15, 0.2) is 0 Å². The normalized spacial score (nSPS) is 10.0. The zero-order valence-electron chi connectivity index (χ0n) is 25.7. The van der Waals surface area contributed by atoms with Gasteiger partial charge in [-0.05, 0) is 145 Å². The maximum absolute atomic E-state index is 4.77. The van der Waals surface area contributed by atoms with Crippen molar-refractivity contribution in [1.82, 2.24) is 9.97 Å². The summed E-state index contributed by atoms with van der Waals surface area (Å²) < 4.78 is 1.04. The molecular formula is C35H35Br5N4Pd2. The zero-order chi connectivity index (χ0) is 28.2. The third-order valence-electron chi connectivity index (χ3n) is 7.00. The molecule has 4 nitrogen and oxygen atoms in total. The first-order valence-electron chi connectivity index (χ1n) is 13.2. The molecule has 0 amide bonds. The van der Waals surface area contributed by atoms with Crippen LogP contribution >= 0.6 is 83.9 Å². The largest absolute Gasteiger partial charge is 0.255 e. The summed E-state index contributed by atoms with van der Waals surface area (Å²) >= 11 is 3.79. The number of rotatable bonds is 6. The number of nitrogens with zero attached hydrogens (tertiary/aromatic N) is 4. The Morgan fingerprint density at radius 1 is 0.543 bits per heavy atom. The Morgan fingerprint density at radius 2 is 0.891 bits per heavy atom. The average molecular weight is 1120 g/mol. The SMILES string of the molecule is Br.Br.Br.Br.Cc1cc(-c2cc(Br)cc(-c3cc(C)c(N=Cc4ccccn4)c(C)c3)c2C)cc(C)c1N=Cc1ccccn1.[Pd].[Pd]. The number of benzene rings is 3. The number of hydrogen-bond acceptors (Lipinski definition) is 4. The van der Waals surface area contributed by atoms with Crippen LogP contribution in [0.15, 0.2) is 99.6 Å². The van der Waals surface area contributed by atoms with Crippen LogP contribution in [0.1, 0.15) is 39.2 Å². The Bertz CT molecular complexity index is 1590. The molecule has 5 rings (SSSR count). The van der Waals surface area contributed by atoms with E-state index in [0.29, 0.717) is 0 Å². The zero-order valence-corrected chi connectivity index (χ0v) is 37.2. The van der Waals surface area contributed by atoms with Gasteiger partial charge < -0.3 is 0 Å². The minimum atomic E-state index is 0. The average Bonchev–Trinajstić information content (AvgIpc) is 2.94. The molecule has 5 aromatic rings. The quantitative estimate of drug-likeness (QED) is 0.126. The summed E-state index contributed by atoms with van der Waals surface area (Å²) in [6.07, 6.45) is 7.21. The van der Waals surface area contributed by atoms with Gasteiger partial charge in [-0.25, -0.2) is 0 Å². The van der Waals surface area contributed by atoms with E-state index in [-0.39, 0.29) is 109 Å². The molecule has 0 fully saturated rings. The van der Waals surface area contributed by atoms with E-state index in [1.807, 2.05) is 48.8 Å². The second-order valence-corrected chi connectivity index (χ2v) is 11.0. The third-order valence-corrected chi connectivity index (χ3v) is 7.46. The van der Waals surface area contributed by atoms with Gasteiger partial charge in [-0.2, -0.15) is 0 Å². The number of aryl methyl sites for hydroxylation is 4. The molecule has 2 aromatic heterocycles. The molecule has 0 aliphatic carbocycles. The summed E-state index contributed by atoms with van der Waals surface area (Å²) in [6.45, 7) is 10.7. The molecule has 0 radical (unpaired) electrons. The Balaban J connectivity index is 0. The predicted octanol–water partition coefficient (Wildman–Crippen LogP) is 11.9. The van der Waals surface area contributed by atoms with Crippen LogP contribution in [0.25, 0.3) is 22.3 Å². The Morgan fingerprint density at radius 3 is 1.20 bits per heavy atom. The van der Waals surface area contributed by atoms with Crippen LogP contribution in [0.3, 0.4) is 0 Å². The van der Waals surface area contributed by atoms with Crippen molar-refractivity contribution in [3.63, 3.8) is 0 Å². The summed E-state index contributed by atoms with van der Waals surface area (Å²) in [6, 6.07) is 25.0. The topological polar surface area (TPSA) is 50.5 Å². The maximum Gasteiger partial charge on any atom is 0.0812 e. The van der Waals surface area contributed by atoms with Crippen molar-refractivity contribution >= 4 is 108 Å². The molecule has 2 heterocycles. The minimum absolute atomic E-state index is 0. The predicted molar refractivity (Wildman–Crippen MR) is 213 cm³/mol. The van der Waals surface area contributed by atoms with Crippen LogP contribution in [0.4, 0.5) is 11.4 Å². The van der Waals surface area contributed by atoms with Gasteiger partial charge >= 0.3 is 0 Å². The van der Waals surface area contributed by atoms with Crippen LogP contribution < -0.4 is 0 Å². The molecule has 0 N–H and O–H groups in total. The Labute approximate surface area is 350 Å². The van der Waals surface area contributed by atoms with Gasteiger partial charge in [0, 0.05) is 57.7 Å². The van der Waals surface area contributed by atoms with Gasteiger partial charge in [-0.1, -0.05) is 28.1 Å². The molecule has 11 heteroatoms. The molecule has 0 saturated carbocycles. The first-order valence-corrected chi connectivity index (χ1v) is 14.0. The number of pyridine rings is 2. The molecule has 0 spiro atoms. The van der Waals surface area contributed by atoms with E-state index < -0.39 is 0 Å². The van der Waals surface area contributed by atoms with Crippen LogP contribution in [0, 0.1) is 34.6 Å². The maximum atomic E-state index is 4.77.